The van der Waals surface area contributed by atoms with Crippen molar-refractivity contribution in [1.82, 2.24) is 0 Å². The smallest absolute Gasteiger partial charge is 0.207 e. The van der Waals surface area contributed by atoms with Crippen LogP contribution in [0.4, 0.5) is 0 Å². The topological polar surface area (TPSA) is 65.8 Å². The molecule has 0 atom stereocenters. The second kappa shape index (κ2) is 17.1. The summed E-state index contributed by atoms with van der Waals surface area (Å²) in [6, 6.07) is 35.7. The molecule has 4 aromatic carbocycles. The van der Waals surface area contributed by atoms with Gasteiger partial charge in [0.05, 0.1) is 13.2 Å². The van der Waals surface area contributed by atoms with Crippen LogP contribution in [0.15, 0.2) is 121 Å². The molecule has 0 aromatic heterocycles. The van der Waals surface area contributed by atoms with Crippen LogP contribution in [0.2, 0.25) is 0 Å². The van der Waals surface area contributed by atoms with Crippen LogP contribution in [-0.2, 0) is 42.5 Å². The van der Waals surface area contributed by atoms with E-state index in [9.17, 15) is 5.53 Å². The maximum atomic E-state index is 10.6. The average molecular weight is 563 g/mol. The predicted octanol–water partition coefficient (Wildman–Crippen LogP) is 7.60. The Bertz CT molecular complexity index is 1260. The van der Waals surface area contributed by atoms with Crippen molar-refractivity contribution in [2.75, 3.05) is 0 Å². The third kappa shape index (κ3) is 9.56. The number of hydrogen-bond donors (Lipinski definition) is 2. The SMILES string of the molecule is CCc1cccc(C2=CC=C(c3cccc(CC)c3)[N+]2=[N-])c1.OCc1ccccc1.OCc1ccccc1.[Ni]. The molecule has 0 bridgehead atoms. The van der Waals surface area contributed by atoms with E-state index >= 15 is 0 Å². The molecule has 0 aliphatic carbocycles. The standard InChI is InChI=1S/C20H20N2.2C7H8O.Ni/c1-3-15-7-5-9-17(13-15)19-11-12-20(22(19)21)18-10-6-8-16(4-2)14-18;2*8-6-7-4-2-1-3-5-7;/h5-14H,3-4H2,1-2H3;2*1-5,8H,6H2;. The molecule has 204 valence electrons. The largest absolute Gasteiger partial charge is 0.493 e. The van der Waals surface area contributed by atoms with E-state index in [0.717, 1.165) is 46.5 Å². The fourth-order valence-corrected chi connectivity index (χ4v) is 3.93. The van der Waals surface area contributed by atoms with E-state index in [0.29, 0.717) is 0 Å². The van der Waals surface area contributed by atoms with Gasteiger partial charge in [0, 0.05) is 39.8 Å². The Morgan fingerprint density at radius 1 is 0.538 bits per heavy atom. The fourth-order valence-electron chi connectivity index (χ4n) is 3.93. The van der Waals surface area contributed by atoms with Crippen molar-refractivity contribution < 1.29 is 31.4 Å². The zero-order valence-corrected chi connectivity index (χ0v) is 23.5. The summed E-state index contributed by atoms with van der Waals surface area (Å²) >= 11 is 0. The molecule has 0 fully saturated rings. The Morgan fingerprint density at radius 2 is 0.897 bits per heavy atom. The van der Waals surface area contributed by atoms with E-state index in [1.165, 1.54) is 15.8 Å². The number of aliphatic hydroxyl groups excluding tert-OH is 2. The van der Waals surface area contributed by atoms with Gasteiger partial charge in [-0.05, 0) is 59.4 Å². The van der Waals surface area contributed by atoms with Crippen molar-refractivity contribution >= 4 is 11.4 Å². The summed E-state index contributed by atoms with van der Waals surface area (Å²) in [5, 5.41) is 17.1. The summed E-state index contributed by atoms with van der Waals surface area (Å²) < 4.78 is 1.30. The van der Waals surface area contributed by atoms with E-state index in [2.05, 4.69) is 38.1 Å². The summed E-state index contributed by atoms with van der Waals surface area (Å²) in [5.74, 6) is 0. The normalized spacial score (nSPS) is 11.6. The van der Waals surface area contributed by atoms with Crippen LogP contribution < -0.4 is 0 Å². The predicted molar refractivity (Wildman–Crippen MR) is 156 cm³/mol. The molecule has 0 saturated carbocycles. The number of allylic oxidation sites excluding steroid dienone is 2. The number of benzene rings is 4. The Hall–Kier alpha value is -3.63. The average Bonchev–Trinajstić information content (AvgIpc) is 3.39. The maximum Gasteiger partial charge on any atom is 0.207 e. The minimum atomic E-state index is 0. The van der Waals surface area contributed by atoms with Gasteiger partial charge in [0.2, 0.25) is 11.4 Å². The van der Waals surface area contributed by atoms with E-state index in [-0.39, 0.29) is 29.7 Å². The van der Waals surface area contributed by atoms with Crippen molar-refractivity contribution in [3.05, 3.63) is 160 Å². The van der Waals surface area contributed by atoms with Gasteiger partial charge in [0.15, 0.2) is 0 Å². The van der Waals surface area contributed by atoms with Crippen molar-refractivity contribution in [1.29, 1.82) is 0 Å². The van der Waals surface area contributed by atoms with Crippen LogP contribution in [0, 0.1) is 0 Å². The third-order valence-electron chi connectivity index (χ3n) is 6.17. The quantitative estimate of drug-likeness (QED) is 0.188. The monoisotopic (exact) mass is 562 g/mol. The maximum absolute atomic E-state index is 10.6. The van der Waals surface area contributed by atoms with Gasteiger partial charge >= 0.3 is 0 Å². The van der Waals surface area contributed by atoms with Gasteiger partial charge in [-0.15, -0.1) is 0 Å². The number of hydrogen-bond acceptors (Lipinski definition) is 2. The van der Waals surface area contributed by atoms with E-state index in [1.54, 1.807) is 0 Å². The summed E-state index contributed by atoms with van der Waals surface area (Å²) in [5.41, 5.74) is 18.8. The summed E-state index contributed by atoms with van der Waals surface area (Å²) in [7, 11) is 0. The summed E-state index contributed by atoms with van der Waals surface area (Å²) in [6.07, 6.45) is 5.93. The van der Waals surface area contributed by atoms with Crippen LogP contribution in [0.25, 0.3) is 16.9 Å². The van der Waals surface area contributed by atoms with E-state index in [1.807, 2.05) is 97.1 Å². The van der Waals surface area contributed by atoms with Gasteiger partial charge in [-0.25, -0.2) is 4.70 Å². The molecule has 4 nitrogen and oxygen atoms in total. The van der Waals surface area contributed by atoms with Gasteiger partial charge in [0.1, 0.15) is 0 Å². The number of aliphatic hydroxyl groups is 2. The third-order valence-corrected chi connectivity index (χ3v) is 6.17. The van der Waals surface area contributed by atoms with Crippen LogP contribution in [0.5, 0.6) is 0 Å². The molecule has 39 heavy (non-hydrogen) atoms. The molecule has 0 spiro atoms. The van der Waals surface area contributed by atoms with E-state index < -0.39 is 0 Å². The fraction of sp³-hybridized carbons (Fsp3) is 0.176. The first kappa shape index (κ1) is 31.6. The number of rotatable bonds is 6. The molecule has 5 rings (SSSR count). The molecule has 1 aliphatic heterocycles. The van der Waals surface area contributed by atoms with Gasteiger partial charge in [-0.1, -0.05) is 98.8 Å². The first-order valence-electron chi connectivity index (χ1n) is 13.0. The Morgan fingerprint density at radius 3 is 1.21 bits per heavy atom. The molecule has 0 radical (unpaired) electrons. The van der Waals surface area contributed by atoms with Gasteiger partial charge in [-0.2, -0.15) is 0 Å². The van der Waals surface area contributed by atoms with Gasteiger partial charge in [-0.3, -0.25) is 0 Å². The molecule has 5 heteroatoms. The van der Waals surface area contributed by atoms with Crippen molar-refractivity contribution in [2.45, 2.75) is 39.9 Å². The van der Waals surface area contributed by atoms with E-state index in [4.69, 9.17) is 10.2 Å². The second-order valence-electron chi connectivity index (χ2n) is 8.81. The van der Waals surface area contributed by atoms with Crippen molar-refractivity contribution in [2.24, 2.45) is 0 Å². The first-order chi connectivity index (χ1) is 18.6. The Balaban J connectivity index is 0.000000257. The molecule has 2 N–H and O–H groups in total. The molecule has 1 aliphatic rings. The Labute approximate surface area is 242 Å². The van der Waals surface area contributed by atoms with Gasteiger partial charge < -0.3 is 15.7 Å². The van der Waals surface area contributed by atoms with Crippen molar-refractivity contribution in [3.8, 4) is 0 Å². The van der Waals surface area contributed by atoms with Crippen molar-refractivity contribution in [3.63, 3.8) is 0 Å². The molecule has 1 heterocycles. The van der Waals surface area contributed by atoms with Crippen LogP contribution >= 0.6 is 0 Å². The van der Waals surface area contributed by atoms with Gasteiger partial charge in [0.25, 0.3) is 0 Å². The summed E-state index contributed by atoms with van der Waals surface area (Å²) in [6.45, 7) is 4.55. The zero-order chi connectivity index (χ0) is 27.2. The second-order valence-corrected chi connectivity index (χ2v) is 8.81. The zero-order valence-electron chi connectivity index (χ0n) is 22.5. The molecular weight excluding hydrogens is 527 g/mol. The molecule has 0 saturated heterocycles. The summed E-state index contributed by atoms with van der Waals surface area (Å²) in [4.78, 5) is 0. The first-order valence-corrected chi connectivity index (χ1v) is 13.0. The number of nitrogens with zero attached hydrogens (tertiary/aromatic N) is 2. The minimum Gasteiger partial charge on any atom is -0.493 e. The Kier molecular flexibility index (Phi) is 13.8. The molecule has 4 aromatic rings. The number of aryl methyl sites for hydroxylation is 2. The van der Waals surface area contributed by atoms with Crippen LogP contribution in [-0.4, -0.2) is 14.9 Å². The molecule has 0 unspecified atom stereocenters. The molecule has 0 amide bonds. The molecular formula is C34H36N2NiO2. The minimum absolute atomic E-state index is 0. The van der Waals surface area contributed by atoms with Crippen LogP contribution in [0.1, 0.15) is 47.2 Å². The van der Waals surface area contributed by atoms with Crippen LogP contribution in [0.3, 0.4) is 0 Å².